The van der Waals surface area contributed by atoms with E-state index in [0.717, 1.165) is 16.9 Å². The summed E-state index contributed by atoms with van der Waals surface area (Å²) in [6, 6.07) is 11.4. The van der Waals surface area contributed by atoms with Crippen molar-refractivity contribution in [3.05, 3.63) is 72.2 Å². The van der Waals surface area contributed by atoms with Crippen molar-refractivity contribution in [2.75, 3.05) is 5.32 Å². The molecule has 3 rings (SSSR count). The van der Waals surface area contributed by atoms with Crippen LogP contribution < -0.4 is 5.32 Å². The second kappa shape index (κ2) is 5.75. The van der Waals surface area contributed by atoms with Gasteiger partial charge in [-0.25, -0.2) is 13.8 Å². The van der Waals surface area contributed by atoms with Gasteiger partial charge in [-0.2, -0.15) is 0 Å². The third kappa shape index (κ3) is 2.91. The topological polar surface area (TPSA) is 40.7 Å². The molecule has 106 valence electrons. The number of aromatic nitrogens is 2. The van der Waals surface area contributed by atoms with Crippen molar-refractivity contribution in [1.29, 1.82) is 0 Å². The van der Waals surface area contributed by atoms with Crippen molar-refractivity contribution in [1.82, 2.24) is 9.97 Å². The summed E-state index contributed by atoms with van der Waals surface area (Å²) >= 11 is 0. The van der Waals surface area contributed by atoms with Crippen molar-refractivity contribution >= 4 is 5.69 Å². The van der Waals surface area contributed by atoms with Gasteiger partial charge in [-0.1, -0.05) is 18.2 Å². The highest BCUT2D eigenvalue weighted by Gasteiger charge is 2.07. The summed E-state index contributed by atoms with van der Waals surface area (Å²) in [4.78, 5) is 6.98. The zero-order chi connectivity index (χ0) is 14.7. The van der Waals surface area contributed by atoms with Gasteiger partial charge in [0.2, 0.25) is 0 Å². The van der Waals surface area contributed by atoms with Crippen LogP contribution in [0.4, 0.5) is 14.5 Å². The maximum Gasteiger partial charge on any atom is 0.131 e. The molecule has 0 bridgehead atoms. The lowest BCUT2D eigenvalue weighted by Gasteiger charge is -2.09. The second-order valence-corrected chi connectivity index (χ2v) is 4.60. The lowest BCUT2D eigenvalue weighted by molar-refractivity contribution is 0.560. The van der Waals surface area contributed by atoms with Gasteiger partial charge < -0.3 is 10.3 Å². The summed E-state index contributed by atoms with van der Waals surface area (Å²) in [7, 11) is 0. The average Bonchev–Trinajstić information content (AvgIpc) is 3.02. The first-order chi connectivity index (χ1) is 10.2. The van der Waals surface area contributed by atoms with Gasteiger partial charge in [0.25, 0.3) is 0 Å². The molecule has 0 aliphatic carbocycles. The fourth-order valence-corrected chi connectivity index (χ4v) is 2.07. The summed E-state index contributed by atoms with van der Waals surface area (Å²) in [5.74, 6) is -1.09. The molecule has 0 radical (unpaired) electrons. The van der Waals surface area contributed by atoms with Gasteiger partial charge in [0, 0.05) is 17.8 Å². The van der Waals surface area contributed by atoms with Gasteiger partial charge in [-0.05, 0) is 29.8 Å². The van der Waals surface area contributed by atoms with Gasteiger partial charge in [-0.15, -0.1) is 0 Å². The Morgan fingerprint density at radius 2 is 1.71 bits per heavy atom. The van der Waals surface area contributed by atoms with E-state index in [-0.39, 0.29) is 12.1 Å². The number of hydrogen-bond acceptors (Lipinski definition) is 2. The number of halogens is 2. The minimum absolute atomic E-state index is 0.0372. The predicted molar refractivity (Wildman–Crippen MR) is 77.7 cm³/mol. The van der Waals surface area contributed by atoms with Crippen LogP contribution >= 0.6 is 0 Å². The van der Waals surface area contributed by atoms with Gasteiger partial charge in [0.15, 0.2) is 0 Å². The lowest BCUT2D eigenvalue weighted by Crippen LogP contribution is -2.04. The number of H-pyrrole nitrogens is 1. The summed E-state index contributed by atoms with van der Waals surface area (Å²) in [5.41, 5.74) is 2.74. The Balaban J connectivity index is 1.71. The molecule has 2 N–H and O–H groups in total. The second-order valence-electron chi connectivity index (χ2n) is 4.60. The molecule has 0 spiro atoms. The molecule has 5 heteroatoms. The molecule has 3 aromatic rings. The number of hydrogen-bond donors (Lipinski definition) is 2. The molecule has 0 atom stereocenters. The van der Waals surface area contributed by atoms with Crippen LogP contribution in [0.3, 0.4) is 0 Å². The molecule has 1 heterocycles. The van der Waals surface area contributed by atoms with E-state index in [1.165, 1.54) is 18.2 Å². The number of anilines is 1. The normalized spacial score (nSPS) is 10.6. The zero-order valence-corrected chi connectivity index (χ0v) is 11.1. The van der Waals surface area contributed by atoms with E-state index in [1.54, 1.807) is 12.5 Å². The molecule has 0 fully saturated rings. The summed E-state index contributed by atoms with van der Waals surface area (Å²) < 4.78 is 27.0. The monoisotopic (exact) mass is 285 g/mol. The molecule has 1 aromatic heterocycles. The minimum atomic E-state index is -0.545. The van der Waals surface area contributed by atoms with Crippen LogP contribution in [-0.2, 0) is 6.54 Å². The van der Waals surface area contributed by atoms with Gasteiger partial charge in [0.05, 0.1) is 18.2 Å². The number of benzene rings is 2. The minimum Gasteiger partial charge on any atom is -0.381 e. The van der Waals surface area contributed by atoms with Gasteiger partial charge in [-0.3, -0.25) is 0 Å². The van der Waals surface area contributed by atoms with E-state index >= 15 is 0 Å². The van der Waals surface area contributed by atoms with E-state index < -0.39 is 11.6 Å². The van der Waals surface area contributed by atoms with Crippen LogP contribution in [-0.4, -0.2) is 9.97 Å². The fraction of sp³-hybridized carbons (Fsp3) is 0.0625. The van der Waals surface area contributed by atoms with Crippen LogP contribution in [0, 0.1) is 11.6 Å². The number of nitrogens with zero attached hydrogens (tertiary/aromatic N) is 1. The highest BCUT2D eigenvalue weighted by Crippen LogP contribution is 2.20. The van der Waals surface area contributed by atoms with Crippen LogP contribution in [0.5, 0.6) is 0 Å². The maximum atomic E-state index is 13.5. The summed E-state index contributed by atoms with van der Waals surface area (Å²) in [6.07, 6.45) is 3.35. The Morgan fingerprint density at radius 1 is 1.00 bits per heavy atom. The van der Waals surface area contributed by atoms with E-state index in [2.05, 4.69) is 15.3 Å². The molecule has 0 saturated carbocycles. The Morgan fingerprint density at radius 3 is 2.33 bits per heavy atom. The Labute approximate surface area is 120 Å². The van der Waals surface area contributed by atoms with Crippen LogP contribution in [0.25, 0.3) is 11.3 Å². The number of aromatic amines is 1. The first kappa shape index (κ1) is 13.3. The van der Waals surface area contributed by atoms with Crippen LogP contribution in [0.15, 0.2) is 55.0 Å². The molecular formula is C16H13F2N3. The van der Waals surface area contributed by atoms with Crippen molar-refractivity contribution in [3.63, 3.8) is 0 Å². The molecule has 0 aliphatic heterocycles. The molecule has 0 amide bonds. The molecule has 0 aliphatic rings. The van der Waals surface area contributed by atoms with Gasteiger partial charge in [0.1, 0.15) is 11.6 Å². The standard InChI is InChI=1S/C16H13F2N3/c17-14-2-1-3-15(18)13(14)8-20-12-6-4-11(5-7-12)16-9-19-10-21-16/h1-7,9-10,20H,8H2,(H,19,21). The zero-order valence-electron chi connectivity index (χ0n) is 11.1. The number of nitrogens with one attached hydrogen (secondary N) is 2. The molecule has 0 unspecified atom stereocenters. The highest BCUT2D eigenvalue weighted by atomic mass is 19.1. The highest BCUT2D eigenvalue weighted by molar-refractivity contribution is 5.61. The molecular weight excluding hydrogens is 272 g/mol. The molecule has 21 heavy (non-hydrogen) atoms. The maximum absolute atomic E-state index is 13.5. The third-order valence-electron chi connectivity index (χ3n) is 3.23. The quantitative estimate of drug-likeness (QED) is 0.761. The summed E-state index contributed by atoms with van der Waals surface area (Å²) in [6.45, 7) is 0.0991. The smallest absolute Gasteiger partial charge is 0.131 e. The van der Waals surface area contributed by atoms with Crippen molar-refractivity contribution in [3.8, 4) is 11.3 Å². The average molecular weight is 285 g/mol. The van der Waals surface area contributed by atoms with Gasteiger partial charge >= 0.3 is 0 Å². The molecule has 3 nitrogen and oxygen atoms in total. The Kier molecular flexibility index (Phi) is 3.64. The van der Waals surface area contributed by atoms with Crippen molar-refractivity contribution in [2.45, 2.75) is 6.54 Å². The Bertz CT molecular complexity index is 702. The van der Waals surface area contributed by atoms with Crippen molar-refractivity contribution in [2.24, 2.45) is 0 Å². The number of imidazole rings is 1. The summed E-state index contributed by atoms with van der Waals surface area (Å²) in [5, 5.41) is 3.01. The largest absolute Gasteiger partial charge is 0.381 e. The first-order valence-corrected chi connectivity index (χ1v) is 6.49. The van der Waals surface area contributed by atoms with E-state index in [9.17, 15) is 8.78 Å². The van der Waals surface area contributed by atoms with Crippen LogP contribution in [0.1, 0.15) is 5.56 Å². The predicted octanol–water partition coefficient (Wildman–Crippen LogP) is 3.97. The third-order valence-corrected chi connectivity index (χ3v) is 3.23. The SMILES string of the molecule is Fc1cccc(F)c1CNc1ccc(-c2cnc[nH]2)cc1. The molecule has 0 saturated heterocycles. The lowest BCUT2D eigenvalue weighted by atomic mass is 10.1. The first-order valence-electron chi connectivity index (χ1n) is 6.49. The van der Waals surface area contributed by atoms with E-state index in [4.69, 9.17) is 0 Å². The molecule has 2 aromatic carbocycles. The fourth-order valence-electron chi connectivity index (χ4n) is 2.07. The van der Waals surface area contributed by atoms with E-state index in [1.807, 2.05) is 24.3 Å². The van der Waals surface area contributed by atoms with Crippen molar-refractivity contribution < 1.29 is 8.78 Å². The van der Waals surface area contributed by atoms with E-state index in [0.29, 0.717) is 0 Å². The Hall–Kier alpha value is -2.69. The number of rotatable bonds is 4. The van der Waals surface area contributed by atoms with Crippen LogP contribution in [0.2, 0.25) is 0 Å².